The molecule has 0 bridgehead atoms. The van der Waals surface area contributed by atoms with Crippen molar-refractivity contribution >= 4 is 39.2 Å². The van der Waals surface area contributed by atoms with Crippen molar-refractivity contribution in [2.45, 2.75) is 76.6 Å². The number of hydrogen-bond donors (Lipinski definition) is 3. The normalized spacial score (nSPS) is 17.3. The largest absolute Gasteiger partial charge is 0.374 e. The lowest BCUT2D eigenvalue weighted by Gasteiger charge is -2.38. The number of nitrogens with two attached hydrogens (primary N) is 1. The van der Waals surface area contributed by atoms with Crippen LogP contribution in [0.4, 0.5) is 0 Å². The van der Waals surface area contributed by atoms with E-state index in [-0.39, 0.29) is 25.0 Å². The van der Waals surface area contributed by atoms with Crippen molar-refractivity contribution in [1.82, 2.24) is 15.5 Å². The Balaban J connectivity index is 1.63. The minimum absolute atomic E-state index is 0.00696. The lowest BCUT2D eigenvalue weighted by atomic mass is 9.76. The van der Waals surface area contributed by atoms with Gasteiger partial charge in [0.1, 0.15) is 6.04 Å². The first kappa shape index (κ1) is 30.9. The van der Waals surface area contributed by atoms with Crippen molar-refractivity contribution in [2.75, 3.05) is 19.7 Å². The molecule has 8 nitrogen and oxygen atoms in total. The van der Waals surface area contributed by atoms with Gasteiger partial charge >= 0.3 is 0 Å². The zero-order valence-corrected chi connectivity index (χ0v) is 25.8. The third-order valence-electron chi connectivity index (χ3n) is 7.93. The van der Waals surface area contributed by atoms with E-state index >= 15 is 0 Å². The summed E-state index contributed by atoms with van der Waals surface area (Å²) in [7, 11) is 0. The van der Waals surface area contributed by atoms with Crippen LogP contribution in [0.5, 0.6) is 0 Å². The molecule has 220 valence electrons. The van der Waals surface area contributed by atoms with E-state index in [1.54, 1.807) is 18.7 Å². The van der Waals surface area contributed by atoms with Gasteiger partial charge in [-0.2, -0.15) is 0 Å². The van der Waals surface area contributed by atoms with Gasteiger partial charge in [-0.3, -0.25) is 14.4 Å². The smallest absolute Gasteiger partial charge is 0.252 e. The molecule has 41 heavy (non-hydrogen) atoms. The van der Waals surface area contributed by atoms with E-state index in [2.05, 4.69) is 26.6 Å². The fourth-order valence-corrected chi connectivity index (χ4v) is 5.87. The van der Waals surface area contributed by atoms with Crippen molar-refractivity contribution in [3.63, 3.8) is 0 Å². The number of halogens is 1. The number of amides is 3. The van der Waals surface area contributed by atoms with Crippen LogP contribution in [-0.4, -0.2) is 59.4 Å². The molecule has 1 aliphatic carbocycles. The van der Waals surface area contributed by atoms with Crippen LogP contribution in [0.2, 0.25) is 0 Å². The van der Waals surface area contributed by atoms with E-state index in [1.165, 1.54) is 0 Å². The highest BCUT2D eigenvalue weighted by Crippen LogP contribution is 2.43. The van der Waals surface area contributed by atoms with Crippen LogP contribution >= 0.6 is 15.9 Å². The number of rotatable bonds is 11. The lowest BCUT2D eigenvalue weighted by molar-refractivity contribution is -0.139. The first-order valence-electron chi connectivity index (χ1n) is 14.4. The highest BCUT2D eigenvalue weighted by molar-refractivity contribution is 9.10. The summed E-state index contributed by atoms with van der Waals surface area (Å²) in [5.74, 6) is -0.814. The third-order valence-corrected chi connectivity index (χ3v) is 8.46. The predicted molar refractivity (Wildman–Crippen MR) is 164 cm³/mol. The number of nitrogens with one attached hydrogen (secondary N) is 2. The van der Waals surface area contributed by atoms with Crippen LogP contribution < -0.4 is 16.4 Å². The average Bonchev–Trinajstić information content (AvgIpc) is 3.20. The van der Waals surface area contributed by atoms with Gasteiger partial charge in [-0.05, 0) is 62.4 Å². The Labute approximate surface area is 251 Å². The number of hydrogen-bond acceptors (Lipinski definition) is 5. The van der Waals surface area contributed by atoms with Crippen LogP contribution in [0, 0.1) is 0 Å². The average molecular weight is 626 g/mol. The topological polar surface area (TPSA) is 114 Å². The molecule has 0 aromatic heterocycles. The second-order valence-corrected chi connectivity index (χ2v) is 12.5. The molecule has 1 fully saturated rings. The number of carbonyl (C=O) groups is 3. The first-order valence-corrected chi connectivity index (χ1v) is 15.2. The predicted octanol–water partition coefficient (Wildman–Crippen LogP) is 4.32. The molecule has 9 heteroatoms. The maximum absolute atomic E-state index is 14.1. The van der Waals surface area contributed by atoms with E-state index < -0.39 is 23.0 Å². The monoisotopic (exact) mass is 624 g/mol. The fourth-order valence-electron chi connectivity index (χ4n) is 5.61. The molecule has 2 aromatic rings. The van der Waals surface area contributed by atoms with Gasteiger partial charge in [0.15, 0.2) is 0 Å². The van der Waals surface area contributed by atoms with Gasteiger partial charge in [0.2, 0.25) is 11.8 Å². The number of nitrogens with zero attached hydrogens (tertiary/aromatic N) is 1. The minimum atomic E-state index is -1.17. The van der Waals surface area contributed by atoms with Gasteiger partial charge in [0.25, 0.3) is 5.91 Å². The highest BCUT2D eigenvalue weighted by Gasteiger charge is 2.46. The molecule has 4 rings (SSSR count). The van der Waals surface area contributed by atoms with E-state index in [1.807, 2.05) is 61.5 Å². The van der Waals surface area contributed by atoms with Gasteiger partial charge < -0.3 is 26.0 Å². The molecule has 1 atom stereocenters. The second kappa shape index (κ2) is 13.3. The third kappa shape index (κ3) is 7.45. The zero-order valence-electron chi connectivity index (χ0n) is 24.2. The highest BCUT2D eigenvalue weighted by atomic mass is 79.9. The second-order valence-electron chi connectivity index (χ2n) is 11.6. The maximum Gasteiger partial charge on any atom is 0.252 e. The standard InChI is InChI=1S/C32H41BrN4O4/c1-4-37(29(39)26(35-30(40)31(2,3)34)21-41-20-22-11-7-5-8-12-22)19-25-27(23-13-15-24(33)16-14-23)28(38)36-32(25)17-9-6-10-18-32/h5,7-8,11-16,26H,4,6,9-10,17-21,34H2,1-3H3,(H,35,40)(H,36,38)/t26-/m1/s1. The Morgan fingerprint density at radius 3 is 2.37 bits per heavy atom. The van der Waals surface area contributed by atoms with Crippen LogP contribution in [0.25, 0.3) is 5.57 Å². The molecule has 1 saturated carbocycles. The quantitative estimate of drug-likeness (QED) is 0.344. The molecular weight excluding hydrogens is 584 g/mol. The van der Waals surface area contributed by atoms with Crippen LogP contribution in [-0.2, 0) is 25.7 Å². The molecule has 4 N–H and O–H groups in total. The van der Waals surface area contributed by atoms with Crippen molar-refractivity contribution in [3.05, 3.63) is 75.8 Å². The summed E-state index contributed by atoms with van der Waals surface area (Å²) in [5, 5.41) is 6.14. The molecule has 2 aromatic carbocycles. The van der Waals surface area contributed by atoms with Crippen molar-refractivity contribution < 1.29 is 19.1 Å². The van der Waals surface area contributed by atoms with Gasteiger partial charge in [-0.25, -0.2) is 0 Å². The number of ether oxygens (including phenoxy) is 1. The molecule has 0 radical (unpaired) electrons. The van der Waals surface area contributed by atoms with Gasteiger partial charge in [0.05, 0.1) is 24.3 Å². The SMILES string of the molecule is CCN(CC1=C(c2ccc(Br)cc2)C(=O)NC12CCCCC2)C(=O)[C@@H](COCc1ccccc1)NC(=O)C(C)(C)N. The van der Waals surface area contributed by atoms with Crippen molar-refractivity contribution in [2.24, 2.45) is 5.73 Å². The minimum Gasteiger partial charge on any atom is -0.374 e. The summed E-state index contributed by atoms with van der Waals surface area (Å²) in [4.78, 5) is 42.1. The van der Waals surface area contributed by atoms with Crippen LogP contribution in [0.1, 0.15) is 64.0 Å². The Morgan fingerprint density at radius 1 is 1.10 bits per heavy atom. The summed E-state index contributed by atoms with van der Waals surface area (Å²) in [6.45, 7) is 6.08. The van der Waals surface area contributed by atoms with E-state index in [0.29, 0.717) is 18.7 Å². The summed E-state index contributed by atoms with van der Waals surface area (Å²) in [6, 6.07) is 16.4. The van der Waals surface area contributed by atoms with E-state index in [0.717, 1.165) is 53.3 Å². The van der Waals surface area contributed by atoms with Crippen LogP contribution in [0.15, 0.2) is 64.6 Å². The van der Waals surface area contributed by atoms with Crippen LogP contribution in [0.3, 0.4) is 0 Å². The van der Waals surface area contributed by atoms with Gasteiger partial charge in [-0.1, -0.05) is 77.7 Å². The van der Waals surface area contributed by atoms with Crippen molar-refractivity contribution in [1.29, 1.82) is 0 Å². The van der Waals surface area contributed by atoms with Crippen molar-refractivity contribution in [3.8, 4) is 0 Å². The number of benzene rings is 2. The summed E-state index contributed by atoms with van der Waals surface area (Å²) >= 11 is 3.48. The summed E-state index contributed by atoms with van der Waals surface area (Å²) in [6.07, 6.45) is 4.81. The zero-order chi connectivity index (χ0) is 29.6. The lowest BCUT2D eigenvalue weighted by Crippen LogP contribution is -2.58. The molecule has 3 amide bonds. The number of likely N-dealkylation sites (N-methyl/N-ethyl adjacent to an activating group) is 1. The molecule has 0 saturated heterocycles. The van der Waals surface area contributed by atoms with Gasteiger partial charge in [0, 0.05) is 23.1 Å². The molecule has 1 aliphatic heterocycles. The Hall–Kier alpha value is -3.01. The maximum atomic E-state index is 14.1. The van der Waals surface area contributed by atoms with E-state index in [9.17, 15) is 14.4 Å². The fraction of sp³-hybridized carbons (Fsp3) is 0.469. The number of carbonyl (C=O) groups excluding carboxylic acids is 3. The molecule has 1 spiro atoms. The Kier molecular flexibility index (Phi) is 10.0. The van der Waals surface area contributed by atoms with E-state index in [4.69, 9.17) is 10.5 Å². The summed E-state index contributed by atoms with van der Waals surface area (Å²) < 4.78 is 6.85. The Morgan fingerprint density at radius 2 is 1.76 bits per heavy atom. The molecule has 1 heterocycles. The molecule has 2 aliphatic rings. The summed E-state index contributed by atoms with van der Waals surface area (Å²) in [5.41, 5.74) is 7.78. The molecular formula is C32H41BrN4O4. The first-order chi connectivity index (χ1) is 19.5. The molecule has 0 unspecified atom stereocenters. The Bertz CT molecular complexity index is 1260. The van der Waals surface area contributed by atoms with Gasteiger partial charge in [-0.15, -0.1) is 0 Å².